The lowest BCUT2D eigenvalue weighted by atomic mass is 10.1. The molecule has 1 saturated heterocycles. The minimum atomic E-state index is -0.438. The molecule has 1 aliphatic rings. The van der Waals surface area contributed by atoms with Crippen LogP contribution in [0.5, 0.6) is 0 Å². The molecule has 2 amide bonds. The van der Waals surface area contributed by atoms with Crippen molar-refractivity contribution in [3.63, 3.8) is 0 Å². The van der Waals surface area contributed by atoms with E-state index >= 15 is 0 Å². The van der Waals surface area contributed by atoms with Gasteiger partial charge in [0.25, 0.3) is 5.91 Å². The van der Waals surface area contributed by atoms with Gasteiger partial charge in [0.2, 0.25) is 11.8 Å². The van der Waals surface area contributed by atoms with E-state index in [0.29, 0.717) is 17.3 Å². The van der Waals surface area contributed by atoms with Crippen molar-refractivity contribution in [1.82, 2.24) is 25.0 Å². The number of amides is 2. The number of piperidine rings is 1. The van der Waals surface area contributed by atoms with Crippen molar-refractivity contribution in [1.29, 1.82) is 0 Å². The van der Waals surface area contributed by atoms with Gasteiger partial charge in [-0.25, -0.2) is 4.98 Å². The summed E-state index contributed by atoms with van der Waals surface area (Å²) >= 11 is 0. The molecule has 3 rings (SSSR count). The van der Waals surface area contributed by atoms with Crippen molar-refractivity contribution in [2.75, 3.05) is 13.1 Å². The van der Waals surface area contributed by atoms with Gasteiger partial charge in [0.05, 0.1) is 5.69 Å². The number of likely N-dealkylation sites (tertiary alicyclic amines) is 1. The highest BCUT2D eigenvalue weighted by Crippen LogP contribution is 2.20. The fourth-order valence-electron chi connectivity index (χ4n) is 3.93. The first-order chi connectivity index (χ1) is 13.8. The van der Waals surface area contributed by atoms with Crippen LogP contribution >= 0.6 is 0 Å². The average Bonchev–Trinajstić information content (AvgIpc) is 3.21. The van der Waals surface area contributed by atoms with Crippen molar-refractivity contribution in [3.05, 3.63) is 34.3 Å². The van der Waals surface area contributed by atoms with Crippen molar-refractivity contribution in [2.45, 2.75) is 72.9 Å². The van der Waals surface area contributed by atoms with E-state index in [-0.39, 0.29) is 18.4 Å². The van der Waals surface area contributed by atoms with Gasteiger partial charge >= 0.3 is 0 Å². The van der Waals surface area contributed by atoms with Crippen molar-refractivity contribution < 1.29 is 14.0 Å². The van der Waals surface area contributed by atoms with Crippen LogP contribution in [0.1, 0.15) is 78.2 Å². The highest BCUT2D eigenvalue weighted by Gasteiger charge is 2.26. The molecule has 3 heterocycles. The molecule has 1 fully saturated rings. The molecule has 158 valence electrons. The molecular formula is C21H31N5O3. The van der Waals surface area contributed by atoms with Crippen molar-refractivity contribution in [2.24, 2.45) is 0 Å². The van der Waals surface area contributed by atoms with E-state index in [9.17, 15) is 9.59 Å². The molecule has 1 N–H and O–H groups in total. The standard InChI is InChI=1S/C21H31N5O3/c1-6-17-13(2)24-26(15(17)4)12-18(27)22-14(3)20-23-19(16(5)29-20)21(28)25-10-8-7-9-11-25/h14H,6-12H2,1-5H3,(H,22,27)/t14-/m0/s1. The van der Waals surface area contributed by atoms with Crippen LogP contribution in [0.4, 0.5) is 0 Å². The lowest BCUT2D eigenvalue weighted by Crippen LogP contribution is -2.36. The molecule has 0 unspecified atom stereocenters. The van der Waals surface area contributed by atoms with Gasteiger partial charge in [-0.3, -0.25) is 14.3 Å². The summed E-state index contributed by atoms with van der Waals surface area (Å²) in [5.74, 6) is 0.567. The van der Waals surface area contributed by atoms with Gasteiger partial charge < -0.3 is 14.6 Å². The molecule has 0 aliphatic carbocycles. The van der Waals surface area contributed by atoms with E-state index in [0.717, 1.165) is 50.2 Å². The molecule has 0 saturated carbocycles. The third-order valence-corrected chi connectivity index (χ3v) is 5.59. The van der Waals surface area contributed by atoms with Gasteiger partial charge in [-0.2, -0.15) is 5.10 Å². The SMILES string of the molecule is CCc1c(C)nn(CC(=O)N[C@@H](C)c2nc(C(=O)N3CCCCC3)c(C)o2)c1C. The van der Waals surface area contributed by atoms with E-state index in [1.807, 2.05) is 18.7 Å². The summed E-state index contributed by atoms with van der Waals surface area (Å²) < 4.78 is 7.43. The largest absolute Gasteiger partial charge is 0.443 e. The van der Waals surface area contributed by atoms with Crippen LogP contribution in [0, 0.1) is 20.8 Å². The first kappa shape index (κ1) is 21.1. The predicted octanol–water partition coefficient (Wildman–Crippen LogP) is 2.86. The number of nitrogens with zero attached hydrogens (tertiary/aromatic N) is 4. The third kappa shape index (κ3) is 4.52. The number of aryl methyl sites for hydroxylation is 2. The Morgan fingerprint density at radius 1 is 1.17 bits per heavy atom. The number of rotatable bonds is 6. The molecule has 8 nitrogen and oxygen atoms in total. The number of nitrogens with one attached hydrogen (secondary N) is 1. The average molecular weight is 402 g/mol. The second-order valence-corrected chi connectivity index (χ2v) is 7.76. The minimum absolute atomic E-state index is 0.0922. The van der Waals surface area contributed by atoms with E-state index in [1.165, 1.54) is 5.56 Å². The molecule has 0 bridgehead atoms. The smallest absolute Gasteiger partial charge is 0.276 e. The number of carbonyl (C=O) groups is 2. The number of hydrogen-bond acceptors (Lipinski definition) is 5. The maximum atomic E-state index is 12.7. The maximum Gasteiger partial charge on any atom is 0.276 e. The number of carbonyl (C=O) groups excluding carboxylic acids is 2. The van der Waals surface area contributed by atoms with Crippen molar-refractivity contribution >= 4 is 11.8 Å². The Morgan fingerprint density at radius 3 is 2.48 bits per heavy atom. The van der Waals surface area contributed by atoms with Crippen LogP contribution in [0.2, 0.25) is 0 Å². The second-order valence-electron chi connectivity index (χ2n) is 7.76. The third-order valence-electron chi connectivity index (χ3n) is 5.59. The molecule has 1 aliphatic heterocycles. The zero-order chi connectivity index (χ0) is 21.1. The fourth-order valence-corrected chi connectivity index (χ4v) is 3.93. The van der Waals surface area contributed by atoms with E-state index < -0.39 is 6.04 Å². The van der Waals surface area contributed by atoms with Gasteiger partial charge in [-0.05, 0) is 58.9 Å². The van der Waals surface area contributed by atoms with Crippen LogP contribution < -0.4 is 5.32 Å². The molecule has 0 aromatic carbocycles. The number of oxazole rings is 1. The number of hydrogen-bond donors (Lipinski definition) is 1. The number of aromatic nitrogens is 3. The zero-order valence-corrected chi connectivity index (χ0v) is 18.0. The predicted molar refractivity (Wildman–Crippen MR) is 109 cm³/mol. The summed E-state index contributed by atoms with van der Waals surface area (Å²) in [7, 11) is 0. The van der Waals surface area contributed by atoms with Crippen molar-refractivity contribution in [3.8, 4) is 0 Å². The minimum Gasteiger partial charge on any atom is -0.443 e. The Bertz CT molecular complexity index is 893. The normalized spacial score (nSPS) is 15.4. The lowest BCUT2D eigenvalue weighted by molar-refractivity contribution is -0.122. The second kappa shape index (κ2) is 8.80. The van der Waals surface area contributed by atoms with E-state index in [2.05, 4.69) is 22.3 Å². The van der Waals surface area contributed by atoms with Crippen LogP contribution in [-0.4, -0.2) is 44.6 Å². The monoisotopic (exact) mass is 401 g/mol. The van der Waals surface area contributed by atoms with Gasteiger partial charge in [0.1, 0.15) is 18.3 Å². The topological polar surface area (TPSA) is 93.3 Å². The van der Waals surface area contributed by atoms with Crippen LogP contribution in [0.15, 0.2) is 4.42 Å². The van der Waals surface area contributed by atoms with Crippen LogP contribution in [0.25, 0.3) is 0 Å². The summed E-state index contributed by atoms with van der Waals surface area (Å²) in [6.07, 6.45) is 4.09. The highest BCUT2D eigenvalue weighted by atomic mass is 16.4. The Hall–Kier alpha value is -2.64. The van der Waals surface area contributed by atoms with E-state index in [4.69, 9.17) is 4.42 Å². The molecule has 2 aromatic heterocycles. The summed E-state index contributed by atoms with van der Waals surface area (Å²) in [5.41, 5.74) is 3.48. The van der Waals surface area contributed by atoms with E-state index in [1.54, 1.807) is 18.5 Å². The fraction of sp³-hybridized carbons (Fsp3) is 0.619. The molecule has 8 heteroatoms. The Labute approximate surface area is 171 Å². The molecule has 2 aromatic rings. The van der Waals surface area contributed by atoms with Gasteiger partial charge in [0.15, 0.2) is 5.69 Å². The Balaban J connectivity index is 1.65. The van der Waals surface area contributed by atoms with Crippen LogP contribution in [-0.2, 0) is 17.8 Å². The molecule has 1 atom stereocenters. The molecular weight excluding hydrogens is 370 g/mol. The van der Waals surface area contributed by atoms with Gasteiger partial charge in [0, 0.05) is 18.8 Å². The summed E-state index contributed by atoms with van der Waals surface area (Å²) in [4.78, 5) is 31.5. The summed E-state index contributed by atoms with van der Waals surface area (Å²) in [6.45, 7) is 11.2. The first-order valence-electron chi connectivity index (χ1n) is 10.4. The first-order valence-corrected chi connectivity index (χ1v) is 10.4. The molecule has 0 radical (unpaired) electrons. The summed E-state index contributed by atoms with van der Waals surface area (Å²) in [6, 6.07) is -0.438. The molecule has 29 heavy (non-hydrogen) atoms. The Morgan fingerprint density at radius 2 is 1.86 bits per heavy atom. The zero-order valence-electron chi connectivity index (χ0n) is 18.0. The van der Waals surface area contributed by atoms with Gasteiger partial charge in [-0.1, -0.05) is 6.92 Å². The lowest BCUT2D eigenvalue weighted by Gasteiger charge is -2.25. The van der Waals surface area contributed by atoms with Crippen LogP contribution in [0.3, 0.4) is 0 Å². The summed E-state index contributed by atoms with van der Waals surface area (Å²) in [5, 5.41) is 7.36. The quantitative estimate of drug-likeness (QED) is 0.803. The highest BCUT2D eigenvalue weighted by molar-refractivity contribution is 5.93. The molecule has 0 spiro atoms. The maximum absolute atomic E-state index is 12.7. The van der Waals surface area contributed by atoms with Gasteiger partial charge in [-0.15, -0.1) is 0 Å². The Kier molecular flexibility index (Phi) is 6.39.